The van der Waals surface area contributed by atoms with Crippen molar-refractivity contribution >= 4 is 17.7 Å². The Labute approximate surface area is 238 Å². The molecule has 0 saturated carbocycles. The van der Waals surface area contributed by atoms with E-state index in [1.807, 2.05) is 91.0 Å². The first-order valence-corrected chi connectivity index (χ1v) is 14.4. The van der Waals surface area contributed by atoms with E-state index in [4.69, 9.17) is 4.74 Å². The summed E-state index contributed by atoms with van der Waals surface area (Å²) >= 11 is 1.62. The number of rotatable bonds is 9. The van der Waals surface area contributed by atoms with Crippen LogP contribution in [-0.4, -0.2) is 22.9 Å². The van der Waals surface area contributed by atoms with Gasteiger partial charge in [0, 0.05) is 16.9 Å². The highest BCUT2D eigenvalue weighted by atomic mass is 32.2. The second-order valence-corrected chi connectivity index (χ2v) is 10.9. The molecule has 4 nitrogen and oxygen atoms in total. The van der Waals surface area contributed by atoms with Crippen LogP contribution < -0.4 is 10.1 Å². The molecular weight excluding hydrogens is 514 g/mol. The third-order valence-corrected chi connectivity index (χ3v) is 8.73. The summed E-state index contributed by atoms with van der Waals surface area (Å²) in [5, 5.41) is 14.2. The quantitative estimate of drug-likeness (QED) is 0.187. The fraction of sp³-hybridized carbons (Fsp3) is 0.114. The van der Waals surface area contributed by atoms with Crippen molar-refractivity contribution in [1.82, 2.24) is 5.32 Å². The fourth-order valence-corrected chi connectivity index (χ4v) is 6.85. The van der Waals surface area contributed by atoms with Gasteiger partial charge in [0.1, 0.15) is 17.5 Å². The van der Waals surface area contributed by atoms with E-state index in [2.05, 4.69) is 53.8 Å². The monoisotopic (exact) mass is 543 g/mol. The first kappa shape index (κ1) is 25.9. The average Bonchev–Trinajstić information content (AvgIpc) is 3.02. The van der Waals surface area contributed by atoms with Crippen LogP contribution in [0.2, 0.25) is 0 Å². The first-order valence-electron chi connectivity index (χ1n) is 13.3. The maximum atomic E-state index is 12.9. The molecular formula is C35H29NO3S. The minimum Gasteiger partial charge on any atom is -0.480 e. The molecule has 0 bridgehead atoms. The highest BCUT2D eigenvalue weighted by Crippen LogP contribution is 2.49. The number of hydrogen-bond acceptors (Lipinski definition) is 4. The maximum absolute atomic E-state index is 12.9. The Hall–Kier alpha value is -4.32. The van der Waals surface area contributed by atoms with Crippen LogP contribution in [0.25, 0.3) is 0 Å². The molecule has 1 heterocycles. The lowest BCUT2D eigenvalue weighted by atomic mass is 9.76. The maximum Gasteiger partial charge on any atom is 0.321 e. The lowest BCUT2D eigenvalue weighted by molar-refractivity contribution is -0.139. The zero-order valence-electron chi connectivity index (χ0n) is 21.8. The Morgan fingerprint density at radius 2 is 1.07 bits per heavy atom. The van der Waals surface area contributed by atoms with Crippen molar-refractivity contribution in [2.24, 2.45) is 0 Å². The second kappa shape index (κ2) is 11.4. The summed E-state index contributed by atoms with van der Waals surface area (Å²) in [6.07, 6.45) is 0. The normalized spacial score (nSPS) is 13.5. The lowest BCUT2D eigenvalue weighted by Crippen LogP contribution is -2.53. The lowest BCUT2D eigenvalue weighted by Gasteiger charge is -2.39. The number of para-hydroxylation sites is 2. The Morgan fingerprint density at radius 3 is 1.50 bits per heavy atom. The standard InChI is InChI=1S/C35H29NO3S/c37-34(38)30(24-40-33-28-20-10-12-22-31(28)39-32-23-13-11-21-29(32)33)36-35(25-14-4-1-5-15-25,26-16-6-2-7-17-26)27-18-8-3-9-19-27/h1-23,30,33,36H,24H2,(H,37,38)/t30-/m0/s1. The number of carboxylic acids is 1. The van der Waals surface area contributed by atoms with Crippen LogP contribution in [-0.2, 0) is 10.3 Å². The molecule has 198 valence electrons. The third-order valence-electron chi connectivity index (χ3n) is 7.36. The molecule has 0 aliphatic carbocycles. The molecule has 0 aromatic heterocycles. The molecule has 1 aliphatic rings. The Bertz CT molecular complexity index is 1450. The van der Waals surface area contributed by atoms with Gasteiger partial charge in [-0.2, -0.15) is 0 Å². The van der Waals surface area contributed by atoms with E-state index in [0.717, 1.165) is 39.3 Å². The minimum atomic E-state index is -0.895. The van der Waals surface area contributed by atoms with Crippen molar-refractivity contribution in [2.45, 2.75) is 16.8 Å². The molecule has 6 rings (SSSR count). The van der Waals surface area contributed by atoms with Gasteiger partial charge in [0.2, 0.25) is 0 Å². The molecule has 5 aromatic carbocycles. The number of aliphatic carboxylic acids is 1. The van der Waals surface area contributed by atoms with Crippen LogP contribution in [0.4, 0.5) is 0 Å². The largest absolute Gasteiger partial charge is 0.480 e. The highest BCUT2D eigenvalue weighted by molar-refractivity contribution is 7.99. The zero-order chi connectivity index (χ0) is 27.4. The van der Waals surface area contributed by atoms with Crippen molar-refractivity contribution < 1.29 is 14.6 Å². The number of carbonyl (C=O) groups is 1. The van der Waals surface area contributed by atoms with E-state index in [1.165, 1.54) is 0 Å². The Balaban J connectivity index is 1.41. The molecule has 5 aromatic rings. The van der Waals surface area contributed by atoms with E-state index >= 15 is 0 Å². The number of fused-ring (bicyclic) bond motifs is 2. The van der Waals surface area contributed by atoms with E-state index in [1.54, 1.807) is 11.8 Å². The van der Waals surface area contributed by atoms with Crippen LogP contribution in [0.15, 0.2) is 140 Å². The number of thioether (sulfide) groups is 1. The summed E-state index contributed by atoms with van der Waals surface area (Å²) in [5.41, 5.74) is 4.16. The van der Waals surface area contributed by atoms with Crippen molar-refractivity contribution in [1.29, 1.82) is 0 Å². The van der Waals surface area contributed by atoms with Crippen molar-refractivity contribution in [3.8, 4) is 11.5 Å². The number of benzene rings is 5. The fourth-order valence-electron chi connectivity index (χ4n) is 5.49. The molecule has 2 N–H and O–H groups in total. The average molecular weight is 544 g/mol. The van der Waals surface area contributed by atoms with Crippen molar-refractivity contribution in [3.05, 3.63) is 167 Å². The second-order valence-electron chi connectivity index (χ2n) is 9.77. The van der Waals surface area contributed by atoms with Gasteiger partial charge in [-0.3, -0.25) is 10.1 Å². The highest BCUT2D eigenvalue weighted by Gasteiger charge is 2.40. The van der Waals surface area contributed by atoms with Crippen molar-refractivity contribution in [3.63, 3.8) is 0 Å². The molecule has 0 unspecified atom stereocenters. The van der Waals surface area contributed by atoms with Gasteiger partial charge in [-0.1, -0.05) is 127 Å². The predicted molar refractivity (Wildman–Crippen MR) is 161 cm³/mol. The topological polar surface area (TPSA) is 58.6 Å². The molecule has 1 atom stereocenters. The predicted octanol–water partition coefficient (Wildman–Crippen LogP) is 7.65. The molecule has 0 spiro atoms. The van der Waals surface area contributed by atoms with Crippen LogP contribution in [0.3, 0.4) is 0 Å². The SMILES string of the molecule is O=C(O)[C@H](CSC1c2ccccc2Oc2ccccc21)NC(c1ccccc1)(c1ccccc1)c1ccccc1. The van der Waals surface area contributed by atoms with E-state index in [9.17, 15) is 9.90 Å². The summed E-state index contributed by atoms with van der Waals surface area (Å²) in [4.78, 5) is 12.9. The van der Waals surface area contributed by atoms with E-state index < -0.39 is 17.6 Å². The van der Waals surface area contributed by atoms with Gasteiger partial charge < -0.3 is 9.84 Å². The Kier molecular flexibility index (Phi) is 7.41. The zero-order valence-corrected chi connectivity index (χ0v) is 22.6. The van der Waals surface area contributed by atoms with Gasteiger partial charge in [-0.05, 0) is 28.8 Å². The van der Waals surface area contributed by atoms with Crippen molar-refractivity contribution in [2.75, 3.05) is 5.75 Å². The van der Waals surface area contributed by atoms with Gasteiger partial charge in [0.05, 0.1) is 10.8 Å². The first-order chi connectivity index (χ1) is 19.7. The Morgan fingerprint density at radius 1 is 0.675 bits per heavy atom. The summed E-state index contributed by atoms with van der Waals surface area (Å²) < 4.78 is 6.17. The molecule has 0 amide bonds. The van der Waals surface area contributed by atoms with E-state index in [0.29, 0.717) is 5.75 Å². The van der Waals surface area contributed by atoms with Gasteiger partial charge in [-0.25, -0.2) is 0 Å². The molecule has 0 fully saturated rings. The van der Waals surface area contributed by atoms with Gasteiger partial charge in [0.25, 0.3) is 0 Å². The molecule has 40 heavy (non-hydrogen) atoms. The summed E-state index contributed by atoms with van der Waals surface area (Å²) in [6, 6.07) is 45.4. The van der Waals surface area contributed by atoms with E-state index in [-0.39, 0.29) is 5.25 Å². The molecule has 0 radical (unpaired) electrons. The van der Waals surface area contributed by atoms with Gasteiger partial charge >= 0.3 is 5.97 Å². The summed E-state index contributed by atoms with van der Waals surface area (Å²) in [6.45, 7) is 0. The number of nitrogens with one attached hydrogen (secondary N) is 1. The number of carboxylic acid groups (broad SMARTS) is 1. The van der Waals surface area contributed by atoms with Crippen LogP contribution in [0.5, 0.6) is 11.5 Å². The third kappa shape index (κ3) is 4.90. The summed E-state index contributed by atoms with van der Waals surface area (Å²) in [5.74, 6) is 1.07. The van der Waals surface area contributed by atoms with Crippen LogP contribution in [0, 0.1) is 0 Å². The smallest absolute Gasteiger partial charge is 0.321 e. The number of hydrogen-bond donors (Lipinski definition) is 2. The van der Waals surface area contributed by atoms with Crippen LogP contribution in [0.1, 0.15) is 33.1 Å². The minimum absolute atomic E-state index is 0.0515. The molecule has 5 heteroatoms. The van der Waals surface area contributed by atoms with Gasteiger partial charge in [0.15, 0.2) is 0 Å². The van der Waals surface area contributed by atoms with Gasteiger partial charge in [-0.15, -0.1) is 11.8 Å². The molecule has 1 aliphatic heterocycles. The number of ether oxygens (including phenoxy) is 1. The van der Waals surface area contributed by atoms with Crippen LogP contribution >= 0.6 is 11.8 Å². The summed E-state index contributed by atoms with van der Waals surface area (Å²) in [7, 11) is 0. The molecule has 0 saturated heterocycles.